The minimum atomic E-state index is -0.452. The zero-order chi connectivity index (χ0) is 21.1. The number of aromatic amines is 1. The van der Waals surface area contributed by atoms with E-state index in [4.69, 9.17) is 27.9 Å². The van der Waals surface area contributed by atoms with Crippen LogP contribution in [0.25, 0.3) is 22.0 Å². The highest BCUT2D eigenvalue weighted by molar-refractivity contribution is 6.38. The van der Waals surface area contributed by atoms with Crippen molar-refractivity contribution >= 4 is 46.1 Å². The maximum atomic E-state index is 12.5. The Balaban J connectivity index is 1.60. The summed E-state index contributed by atoms with van der Waals surface area (Å²) in [5.74, 6) is 0.214. The number of aromatic nitrogens is 2. The normalized spacial score (nSPS) is 11.2. The second-order valence-corrected chi connectivity index (χ2v) is 7.18. The lowest BCUT2D eigenvalue weighted by atomic mass is 10.0. The Hall–Kier alpha value is -3.35. The van der Waals surface area contributed by atoms with E-state index in [1.165, 1.54) is 6.21 Å². The molecule has 30 heavy (non-hydrogen) atoms. The van der Waals surface area contributed by atoms with Gasteiger partial charge in [-0.15, -0.1) is 0 Å². The molecular weight excluding hydrogens is 423 g/mol. The molecule has 1 amide bonds. The number of carbonyl (C=O) groups is 1. The van der Waals surface area contributed by atoms with E-state index in [1.807, 2.05) is 36.4 Å². The molecule has 4 aromatic rings. The van der Waals surface area contributed by atoms with Crippen LogP contribution in [0.4, 0.5) is 0 Å². The molecule has 0 saturated heterocycles. The minimum Gasteiger partial charge on any atom is -0.496 e. The average Bonchev–Trinajstić information content (AvgIpc) is 3.24. The largest absolute Gasteiger partial charge is 0.496 e. The van der Waals surface area contributed by atoms with Gasteiger partial charge in [-0.3, -0.25) is 9.89 Å². The van der Waals surface area contributed by atoms with Crippen molar-refractivity contribution in [3.05, 3.63) is 82.0 Å². The van der Waals surface area contributed by atoms with Crippen molar-refractivity contribution in [2.75, 3.05) is 7.11 Å². The van der Waals surface area contributed by atoms with Gasteiger partial charge in [0.05, 0.1) is 34.6 Å². The Kier molecular flexibility index (Phi) is 5.70. The lowest BCUT2D eigenvalue weighted by Gasteiger charge is -2.09. The molecule has 0 radical (unpaired) electrons. The number of nitrogens with one attached hydrogen (secondary N) is 2. The molecule has 150 valence electrons. The summed E-state index contributed by atoms with van der Waals surface area (Å²) < 4.78 is 5.51. The summed E-state index contributed by atoms with van der Waals surface area (Å²) >= 11 is 12.2. The summed E-state index contributed by atoms with van der Waals surface area (Å²) in [5, 5.41) is 13.9. The first-order valence-corrected chi connectivity index (χ1v) is 9.73. The van der Waals surface area contributed by atoms with Crippen molar-refractivity contribution in [1.29, 1.82) is 0 Å². The van der Waals surface area contributed by atoms with E-state index in [-0.39, 0.29) is 5.69 Å². The molecule has 4 rings (SSSR count). The van der Waals surface area contributed by atoms with E-state index in [1.54, 1.807) is 31.4 Å². The molecule has 0 fully saturated rings. The van der Waals surface area contributed by atoms with Gasteiger partial charge in [0.2, 0.25) is 0 Å². The van der Waals surface area contributed by atoms with Gasteiger partial charge in [-0.1, -0.05) is 59.6 Å². The maximum absolute atomic E-state index is 12.5. The highest BCUT2D eigenvalue weighted by Crippen LogP contribution is 2.36. The Morgan fingerprint density at radius 1 is 1.10 bits per heavy atom. The molecule has 0 aliphatic heterocycles. The summed E-state index contributed by atoms with van der Waals surface area (Å²) in [5.41, 5.74) is 4.61. The third-order valence-corrected chi connectivity index (χ3v) is 5.21. The third kappa shape index (κ3) is 3.87. The first-order valence-electron chi connectivity index (χ1n) is 8.97. The summed E-state index contributed by atoms with van der Waals surface area (Å²) in [4.78, 5) is 12.5. The molecule has 2 N–H and O–H groups in total. The van der Waals surface area contributed by atoms with Crippen LogP contribution in [0.5, 0.6) is 5.75 Å². The number of H-pyrrole nitrogens is 1. The van der Waals surface area contributed by atoms with Gasteiger partial charge in [-0.05, 0) is 35.0 Å². The molecule has 0 bridgehead atoms. The predicted molar refractivity (Wildman–Crippen MR) is 120 cm³/mol. The van der Waals surface area contributed by atoms with Crippen molar-refractivity contribution in [2.45, 2.75) is 0 Å². The first kappa shape index (κ1) is 19.9. The van der Waals surface area contributed by atoms with E-state index in [0.717, 1.165) is 16.3 Å². The second kappa shape index (κ2) is 8.57. The number of hydrogen-bond acceptors (Lipinski definition) is 4. The Bertz CT molecular complexity index is 1250. The number of nitrogens with zero attached hydrogens (tertiary/aromatic N) is 2. The van der Waals surface area contributed by atoms with Crippen LogP contribution < -0.4 is 10.2 Å². The number of hydrazone groups is 1. The maximum Gasteiger partial charge on any atom is 0.289 e. The zero-order valence-electron chi connectivity index (χ0n) is 15.8. The van der Waals surface area contributed by atoms with Crippen molar-refractivity contribution in [3.63, 3.8) is 0 Å². The third-order valence-electron chi connectivity index (χ3n) is 4.55. The van der Waals surface area contributed by atoms with Gasteiger partial charge in [0.25, 0.3) is 5.91 Å². The number of rotatable bonds is 5. The number of hydrogen-bond donors (Lipinski definition) is 2. The smallest absolute Gasteiger partial charge is 0.289 e. The fourth-order valence-corrected chi connectivity index (χ4v) is 3.60. The van der Waals surface area contributed by atoms with Gasteiger partial charge < -0.3 is 4.74 Å². The molecule has 0 aliphatic carbocycles. The van der Waals surface area contributed by atoms with Crippen LogP contribution in [0.2, 0.25) is 10.0 Å². The van der Waals surface area contributed by atoms with Crippen LogP contribution in [0.3, 0.4) is 0 Å². The molecule has 8 heteroatoms. The number of fused-ring (bicyclic) bond motifs is 1. The van der Waals surface area contributed by atoms with Crippen molar-refractivity contribution in [3.8, 4) is 17.0 Å². The molecule has 0 atom stereocenters. The Morgan fingerprint density at radius 3 is 2.63 bits per heavy atom. The van der Waals surface area contributed by atoms with Gasteiger partial charge in [0, 0.05) is 5.56 Å². The van der Waals surface area contributed by atoms with Crippen LogP contribution in [0.1, 0.15) is 16.1 Å². The molecule has 1 aromatic heterocycles. The van der Waals surface area contributed by atoms with E-state index in [9.17, 15) is 4.79 Å². The SMILES string of the molecule is COc1ccc2ccccc2c1-c1cc(C(=O)N/N=C/c2c(Cl)cccc2Cl)[nH]n1. The van der Waals surface area contributed by atoms with Gasteiger partial charge >= 0.3 is 0 Å². The van der Waals surface area contributed by atoms with E-state index < -0.39 is 5.91 Å². The molecule has 0 aliphatic rings. The minimum absolute atomic E-state index is 0.252. The zero-order valence-corrected chi connectivity index (χ0v) is 17.3. The Labute approximate surface area is 182 Å². The second-order valence-electron chi connectivity index (χ2n) is 6.37. The topological polar surface area (TPSA) is 79.4 Å². The van der Waals surface area contributed by atoms with Crippen LogP contribution >= 0.6 is 23.2 Å². The number of ether oxygens (including phenoxy) is 1. The molecule has 0 saturated carbocycles. The van der Waals surface area contributed by atoms with E-state index in [2.05, 4.69) is 20.7 Å². The number of amides is 1. The number of methoxy groups -OCH3 is 1. The average molecular weight is 439 g/mol. The van der Waals surface area contributed by atoms with Crippen LogP contribution in [0.15, 0.2) is 65.8 Å². The lowest BCUT2D eigenvalue weighted by molar-refractivity contribution is 0.0950. The van der Waals surface area contributed by atoms with Crippen molar-refractivity contribution in [1.82, 2.24) is 15.6 Å². The van der Waals surface area contributed by atoms with E-state index >= 15 is 0 Å². The first-order chi connectivity index (χ1) is 14.6. The van der Waals surface area contributed by atoms with Crippen LogP contribution in [-0.4, -0.2) is 29.4 Å². The summed E-state index contributed by atoms with van der Waals surface area (Å²) in [6.07, 6.45) is 1.40. The number of halogens is 2. The van der Waals surface area contributed by atoms with Gasteiger partial charge in [-0.25, -0.2) is 5.43 Å². The van der Waals surface area contributed by atoms with Gasteiger partial charge in [0.1, 0.15) is 11.4 Å². The lowest BCUT2D eigenvalue weighted by Crippen LogP contribution is -2.18. The summed E-state index contributed by atoms with van der Waals surface area (Å²) in [7, 11) is 1.60. The standard InChI is InChI=1S/C22H16Cl2N4O2/c1-30-20-10-9-13-5-2-3-6-14(13)21(20)18-11-19(27-26-18)22(29)28-25-12-15-16(23)7-4-8-17(15)24/h2-12H,1H3,(H,26,27)(H,28,29)/b25-12+. The quantitative estimate of drug-likeness (QED) is 0.327. The van der Waals surface area contributed by atoms with Gasteiger partial charge in [0.15, 0.2) is 0 Å². The fourth-order valence-electron chi connectivity index (χ4n) is 3.10. The number of carbonyl (C=O) groups excluding carboxylic acids is 1. The highest BCUT2D eigenvalue weighted by Gasteiger charge is 2.16. The van der Waals surface area contributed by atoms with E-state index in [0.29, 0.717) is 27.1 Å². The van der Waals surface area contributed by atoms with Crippen molar-refractivity contribution in [2.24, 2.45) is 5.10 Å². The Morgan fingerprint density at radius 2 is 1.87 bits per heavy atom. The predicted octanol–water partition coefficient (Wildman–Crippen LogP) is 5.31. The summed E-state index contributed by atoms with van der Waals surface area (Å²) in [6.45, 7) is 0. The molecule has 0 spiro atoms. The molecule has 1 heterocycles. The van der Waals surface area contributed by atoms with Gasteiger partial charge in [-0.2, -0.15) is 10.2 Å². The fraction of sp³-hybridized carbons (Fsp3) is 0.0455. The molecule has 0 unspecified atom stereocenters. The molecule has 6 nitrogen and oxygen atoms in total. The monoisotopic (exact) mass is 438 g/mol. The summed E-state index contributed by atoms with van der Waals surface area (Å²) in [6, 6.07) is 18.5. The molecular formula is C22H16Cl2N4O2. The highest BCUT2D eigenvalue weighted by atomic mass is 35.5. The van der Waals surface area contributed by atoms with Crippen LogP contribution in [-0.2, 0) is 0 Å². The van der Waals surface area contributed by atoms with Crippen LogP contribution in [0, 0.1) is 0 Å². The number of benzene rings is 3. The molecule has 3 aromatic carbocycles. The van der Waals surface area contributed by atoms with Crippen molar-refractivity contribution < 1.29 is 9.53 Å².